The highest BCUT2D eigenvalue weighted by atomic mass is 16.5. The van der Waals surface area contributed by atoms with Crippen molar-refractivity contribution in [3.05, 3.63) is 40.7 Å². The van der Waals surface area contributed by atoms with E-state index < -0.39 is 79.5 Å². The number of methoxy groups -OCH3 is 1. The second-order valence-corrected chi connectivity index (χ2v) is 6.23. The Balaban J connectivity index is 2.07. The molecule has 1 saturated heterocycles. The lowest BCUT2D eigenvalue weighted by atomic mass is 9.96. The van der Waals surface area contributed by atoms with Crippen LogP contribution in [-0.4, -0.2) is 63.0 Å². The lowest BCUT2D eigenvalue weighted by molar-refractivity contribution is -0.128. The fraction of sp³-hybridized carbons (Fsp3) is 0.600. The Hall–Kier alpha value is -2.52. The molecule has 0 spiro atoms. The van der Waals surface area contributed by atoms with Crippen molar-refractivity contribution in [1.29, 1.82) is 0 Å². The maximum Gasteiger partial charge on any atom is 0.363 e. The van der Waals surface area contributed by atoms with Crippen molar-refractivity contribution in [2.75, 3.05) is 31.6 Å². The van der Waals surface area contributed by atoms with Crippen molar-refractivity contribution in [2.24, 2.45) is 0 Å². The molecular weight excluding hydrogens is 372 g/mol. The number of hydrogen-bond donors (Lipinski definition) is 0. The van der Waals surface area contributed by atoms with Crippen LogP contribution in [0.3, 0.4) is 0 Å². The van der Waals surface area contributed by atoms with Crippen LogP contribution in [0.4, 0.5) is 5.69 Å². The number of carbonyl (C=O) groups is 1. The van der Waals surface area contributed by atoms with E-state index in [9.17, 15) is 9.59 Å². The van der Waals surface area contributed by atoms with Crippen LogP contribution in [0.5, 0.6) is 0 Å². The predicted molar refractivity (Wildman–Crippen MR) is 110 cm³/mol. The quantitative estimate of drug-likeness (QED) is 0.606. The van der Waals surface area contributed by atoms with Gasteiger partial charge in [0.05, 0.1) is 16.1 Å². The smallest absolute Gasteiger partial charge is 0.358 e. The maximum atomic E-state index is 13.5. The van der Waals surface area contributed by atoms with E-state index in [4.69, 9.17) is 21.2 Å². The molecule has 1 amide bonds. The number of aromatic nitrogens is 4. The van der Waals surface area contributed by atoms with Gasteiger partial charge in [-0.25, -0.2) is 4.79 Å². The summed E-state index contributed by atoms with van der Waals surface area (Å²) in [4.78, 5) is 27.7. The fourth-order valence-electron chi connectivity index (χ4n) is 3.14. The van der Waals surface area contributed by atoms with Gasteiger partial charge in [-0.3, -0.25) is 9.69 Å². The molecule has 2 aromatic rings. The molecule has 0 N–H and O–H groups in total. The molecule has 0 bridgehead atoms. The van der Waals surface area contributed by atoms with Crippen LogP contribution >= 0.6 is 0 Å². The van der Waals surface area contributed by atoms with Crippen LogP contribution in [0.15, 0.2) is 35.0 Å². The number of para-hydroxylation sites is 1. The zero-order valence-corrected chi connectivity index (χ0v) is 16.2. The molecule has 0 aliphatic carbocycles. The number of nitrogens with zero attached hydrogens (tertiary/aromatic N) is 6. The van der Waals surface area contributed by atoms with Gasteiger partial charge in [0.1, 0.15) is 5.72 Å². The highest BCUT2D eigenvalue weighted by molar-refractivity contribution is 5.94. The first-order valence-corrected chi connectivity index (χ1v) is 9.01. The first-order chi connectivity index (χ1) is 18.8. The van der Waals surface area contributed by atoms with Gasteiger partial charge >= 0.3 is 5.69 Å². The number of amides is 1. The molecule has 0 saturated carbocycles. The molecule has 3 rings (SSSR count). The van der Waals surface area contributed by atoms with Gasteiger partial charge in [0.25, 0.3) is 0 Å². The summed E-state index contributed by atoms with van der Waals surface area (Å²) < 4.78 is 104. The molecule has 2 heterocycles. The number of rotatable bonds is 8. The second kappa shape index (κ2) is 9.32. The van der Waals surface area contributed by atoms with Crippen molar-refractivity contribution >= 4 is 11.6 Å². The van der Waals surface area contributed by atoms with Crippen LogP contribution in [0.1, 0.15) is 49.5 Å². The van der Waals surface area contributed by atoms with Gasteiger partial charge in [-0.1, -0.05) is 25.0 Å². The van der Waals surface area contributed by atoms with E-state index in [-0.39, 0.29) is 32.5 Å². The van der Waals surface area contributed by atoms with E-state index in [2.05, 4.69) is 10.4 Å². The molecular formula is C20H30N6O3. The molecule has 1 aromatic heterocycles. The third-order valence-corrected chi connectivity index (χ3v) is 4.70. The third-order valence-electron chi connectivity index (χ3n) is 4.70. The predicted octanol–water partition coefficient (Wildman–Crippen LogP) is 1.34. The van der Waals surface area contributed by atoms with Crippen LogP contribution < -0.4 is 10.6 Å². The average molecular weight is 415 g/mol. The highest BCUT2D eigenvalue weighted by Crippen LogP contribution is 2.34. The second-order valence-electron chi connectivity index (χ2n) is 6.23. The molecule has 1 aliphatic rings. The summed E-state index contributed by atoms with van der Waals surface area (Å²) in [7, 11) is 1.18. The number of tetrazole rings is 1. The molecule has 0 radical (unpaired) electrons. The highest BCUT2D eigenvalue weighted by Gasteiger charge is 2.43. The molecule has 9 nitrogen and oxygen atoms in total. The normalized spacial score (nSPS) is 24.1. The summed E-state index contributed by atoms with van der Waals surface area (Å²) in [6.07, 6.45) is -1.63. The monoisotopic (exact) mass is 414 g/mol. The van der Waals surface area contributed by atoms with E-state index in [1.54, 1.807) is 6.92 Å². The molecule has 1 aliphatic heterocycles. The molecule has 0 unspecified atom stereocenters. The van der Waals surface area contributed by atoms with Crippen molar-refractivity contribution in [1.82, 2.24) is 24.7 Å². The van der Waals surface area contributed by atoms with Crippen molar-refractivity contribution in [3.63, 3.8) is 0 Å². The first kappa shape index (κ1) is 10.5. The van der Waals surface area contributed by atoms with Gasteiger partial charge < -0.3 is 9.64 Å². The number of aryl methyl sites for hydroxylation is 2. The van der Waals surface area contributed by atoms with E-state index >= 15 is 0 Å². The van der Waals surface area contributed by atoms with Crippen molar-refractivity contribution in [3.8, 4) is 0 Å². The number of anilines is 1. The lowest BCUT2D eigenvalue weighted by Crippen LogP contribution is -2.59. The Morgan fingerprint density at radius 2 is 1.97 bits per heavy atom. The van der Waals surface area contributed by atoms with E-state index in [0.717, 1.165) is 14.5 Å². The summed E-state index contributed by atoms with van der Waals surface area (Å²) in [6, 6.07) is -3.77. The molecule has 0 atom stereocenters. The van der Waals surface area contributed by atoms with Crippen molar-refractivity contribution < 1.29 is 26.0 Å². The topological polar surface area (TPSA) is 85.5 Å². The molecule has 29 heavy (non-hydrogen) atoms. The van der Waals surface area contributed by atoms with Gasteiger partial charge in [0.2, 0.25) is 5.91 Å². The number of piperidine rings is 1. The van der Waals surface area contributed by atoms with Gasteiger partial charge in [-0.15, -0.1) is 0 Å². The molecule has 1 fully saturated rings. The minimum Gasteiger partial charge on any atom is -0.358 e. The largest absolute Gasteiger partial charge is 0.363 e. The van der Waals surface area contributed by atoms with E-state index in [1.165, 1.54) is 7.11 Å². The van der Waals surface area contributed by atoms with E-state index in [1.807, 2.05) is 0 Å². The SMILES string of the molecule is [2H]c1c([2H])c([2H])c(N(C(=O)CC([2H])([2H])[2H])C2(OC)CCN(C([2H])([2H])C([2H])([2H])n3nnn(CC)c3=O)CC2)c([2H])c1[2H]. The third kappa shape index (κ3) is 4.40. The molecule has 9 heteroatoms. The lowest BCUT2D eigenvalue weighted by Gasteiger charge is -2.47. The number of ether oxygens (including phenoxy) is 1. The van der Waals surface area contributed by atoms with Gasteiger partial charge in [-0.05, 0) is 29.4 Å². The molecule has 158 valence electrons. The number of likely N-dealkylation sites (tertiary alicyclic amines) is 1. The fourth-order valence-corrected chi connectivity index (χ4v) is 3.14. The van der Waals surface area contributed by atoms with Crippen LogP contribution in [0.25, 0.3) is 0 Å². The van der Waals surface area contributed by atoms with Gasteiger partial charge in [0.15, 0.2) is 0 Å². The Morgan fingerprint density at radius 1 is 1.28 bits per heavy atom. The Kier molecular flexibility index (Phi) is 3.37. The van der Waals surface area contributed by atoms with Crippen LogP contribution in [0.2, 0.25) is 0 Å². The zero-order valence-electron chi connectivity index (χ0n) is 28.2. The number of carbonyl (C=O) groups excluding carboxylic acids is 1. The minimum absolute atomic E-state index is 0.0787. The van der Waals surface area contributed by atoms with Gasteiger partial charge in [0, 0.05) is 65.0 Å². The summed E-state index contributed by atoms with van der Waals surface area (Å²) in [5, 5.41) is 7.02. The van der Waals surface area contributed by atoms with Crippen LogP contribution in [-0.2, 0) is 22.6 Å². The summed E-state index contributed by atoms with van der Waals surface area (Å²) in [6.45, 7) is -7.61. The van der Waals surface area contributed by atoms with Crippen LogP contribution in [0, 0.1) is 0 Å². The minimum atomic E-state index is -3.01. The summed E-state index contributed by atoms with van der Waals surface area (Å²) >= 11 is 0. The Labute approximate surface area is 187 Å². The standard InChI is InChI=1S/C20H30N6O3/c1-4-18(27)26(17-9-7-6-8-10-17)20(29-3)11-13-23(14-12-20)15-16-25-19(28)24(5-2)21-22-25/h6-10H,4-5,11-16H2,1-3H3/i1D3,6D,7D,8D,9D,10D,15D2,16D2. The number of benzene rings is 1. The average Bonchev–Trinajstić information content (AvgIpc) is 3.28. The number of hydrogen-bond acceptors (Lipinski definition) is 6. The van der Waals surface area contributed by atoms with Crippen molar-refractivity contribution in [2.45, 2.75) is 51.8 Å². The summed E-state index contributed by atoms with van der Waals surface area (Å²) in [5.41, 5.74) is -3.36. The maximum absolute atomic E-state index is 13.5. The van der Waals surface area contributed by atoms with Gasteiger partial charge in [-0.2, -0.15) is 9.36 Å². The Morgan fingerprint density at radius 3 is 2.55 bits per heavy atom. The molecule has 1 aromatic carbocycles. The summed E-state index contributed by atoms with van der Waals surface area (Å²) in [5.74, 6) is -1.11. The first-order valence-electron chi connectivity index (χ1n) is 15.0. The Bertz CT molecular complexity index is 1340. The van der Waals surface area contributed by atoms with E-state index in [0.29, 0.717) is 4.68 Å². The zero-order chi connectivity index (χ0) is 31.3.